The van der Waals surface area contributed by atoms with Gasteiger partial charge in [0.15, 0.2) is 0 Å². The van der Waals surface area contributed by atoms with Gasteiger partial charge in [0.2, 0.25) is 0 Å². The van der Waals surface area contributed by atoms with E-state index in [1.807, 2.05) is 0 Å². The van der Waals surface area contributed by atoms with Crippen LogP contribution in [0.25, 0.3) is 0 Å². The Kier molecular flexibility index (Phi) is 5.08. The van der Waals surface area contributed by atoms with Crippen molar-refractivity contribution in [3.63, 3.8) is 0 Å². The topological polar surface area (TPSA) is 84.7 Å². The molecule has 0 bridgehead atoms. The van der Waals surface area contributed by atoms with Crippen LogP contribution in [-0.2, 0) is 11.3 Å². The fraction of sp³-hybridized carbons (Fsp3) is 0.562. The number of carbonyl (C=O) groups excluding carboxylic acids is 1. The molecule has 1 aliphatic heterocycles. The van der Waals surface area contributed by atoms with Crippen molar-refractivity contribution < 1.29 is 14.5 Å². The maximum atomic E-state index is 11.8. The second kappa shape index (κ2) is 6.85. The van der Waals surface area contributed by atoms with Gasteiger partial charge in [0, 0.05) is 43.0 Å². The molecule has 0 unspecified atom stereocenters. The number of anilines is 1. The number of non-ortho nitro benzene ring substituents is 1. The van der Waals surface area contributed by atoms with Gasteiger partial charge in [0.1, 0.15) is 5.60 Å². The van der Waals surface area contributed by atoms with Crippen LogP contribution in [0, 0.1) is 10.1 Å². The average Bonchev–Trinajstić information content (AvgIpc) is 2.96. The summed E-state index contributed by atoms with van der Waals surface area (Å²) in [6.45, 7) is 7.41. The Labute approximate surface area is 135 Å². The fourth-order valence-electron chi connectivity index (χ4n) is 2.58. The van der Waals surface area contributed by atoms with Gasteiger partial charge in [-0.05, 0) is 39.7 Å². The molecule has 0 spiro atoms. The van der Waals surface area contributed by atoms with Crippen LogP contribution < -0.4 is 10.2 Å². The van der Waals surface area contributed by atoms with Crippen molar-refractivity contribution in [2.45, 2.75) is 45.8 Å². The summed E-state index contributed by atoms with van der Waals surface area (Å²) < 4.78 is 5.20. The smallest absolute Gasteiger partial charge is 0.407 e. The number of amides is 1. The number of hydrogen-bond donors (Lipinski definition) is 1. The number of alkyl carbamates (subject to hydrolysis) is 1. The first-order valence-corrected chi connectivity index (χ1v) is 7.75. The van der Waals surface area contributed by atoms with Crippen LogP contribution in [0.3, 0.4) is 0 Å². The van der Waals surface area contributed by atoms with Crippen LogP contribution in [-0.4, -0.2) is 29.7 Å². The maximum absolute atomic E-state index is 11.8. The van der Waals surface area contributed by atoms with Crippen molar-refractivity contribution in [3.05, 3.63) is 33.9 Å². The van der Waals surface area contributed by atoms with Gasteiger partial charge in [-0.3, -0.25) is 10.1 Å². The lowest BCUT2D eigenvalue weighted by molar-refractivity contribution is -0.384. The van der Waals surface area contributed by atoms with Crippen LogP contribution in [0.1, 0.15) is 39.2 Å². The third kappa shape index (κ3) is 4.84. The van der Waals surface area contributed by atoms with E-state index >= 15 is 0 Å². The van der Waals surface area contributed by atoms with Crippen molar-refractivity contribution in [2.24, 2.45) is 0 Å². The fourth-order valence-corrected chi connectivity index (χ4v) is 2.58. The summed E-state index contributed by atoms with van der Waals surface area (Å²) >= 11 is 0. The average molecular weight is 321 g/mol. The Hall–Kier alpha value is -2.31. The lowest BCUT2D eigenvalue weighted by Crippen LogP contribution is -2.32. The molecule has 126 valence electrons. The number of benzene rings is 1. The molecule has 1 amide bonds. The number of carbonyl (C=O) groups is 1. The molecule has 0 saturated carbocycles. The lowest BCUT2D eigenvalue weighted by atomic mass is 10.1. The molecule has 1 saturated heterocycles. The van der Waals surface area contributed by atoms with E-state index in [2.05, 4.69) is 10.2 Å². The third-order valence-corrected chi connectivity index (χ3v) is 3.54. The van der Waals surface area contributed by atoms with Crippen LogP contribution in [0.4, 0.5) is 16.2 Å². The van der Waals surface area contributed by atoms with Gasteiger partial charge < -0.3 is 15.0 Å². The predicted molar refractivity (Wildman–Crippen MR) is 87.6 cm³/mol. The zero-order valence-electron chi connectivity index (χ0n) is 13.8. The molecule has 1 aliphatic rings. The minimum atomic E-state index is -0.579. The van der Waals surface area contributed by atoms with Crippen molar-refractivity contribution in [3.8, 4) is 0 Å². The molecule has 0 aliphatic carbocycles. The molecular formula is C16H23N3O4. The molecule has 23 heavy (non-hydrogen) atoms. The predicted octanol–water partition coefficient (Wildman–Crippen LogP) is 3.22. The zero-order valence-corrected chi connectivity index (χ0v) is 13.8. The molecule has 0 atom stereocenters. The summed E-state index contributed by atoms with van der Waals surface area (Å²) in [5.41, 5.74) is 1.11. The lowest BCUT2D eigenvalue weighted by Gasteiger charge is -2.23. The Morgan fingerprint density at radius 3 is 2.57 bits per heavy atom. The second-order valence-corrected chi connectivity index (χ2v) is 6.62. The number of nitro groups is 1. The first kappa shape index (κ1) is 17.1. The van der Waals surface area contributed by atoms with Crippen molar-refractivity contribution in [2.75, 3.05) is 18.0 Å². The van der Waals surface area contributed by atoms with Gasteiger partial charge in [0.05, 0.1) is 4.92 Å². The SMILES string of the molecule is CC(C)(C)OC(=O)NCc1cc([N+](=O)[O-])ccc1N1CCCC1. The van der Waals surface area contributed by atoms with Gasteiger partial charge in [0.25, 0.3) is 5.69 Å². The van der Waals surface area contributed by atoms with Crippen LogP contribution >= 0.6 is 0 Å². The van der Waals surface area contributed by atoms with E-state index in [1.165, 1.54) is 12.1 Å². The Morgan fingerprint density at radius 1 is 1.35 bits per heavy atom. The van der Waals surface area contributed by atoms with E-state index in [4.69, 9.17) is 4.74 Å². The number of rotatable bonds is 4. The summed E-state index contributed by atoms with van der Waals surface area (Å²) in [6.07, 6.45) is 1.68. The molecular weight excluding hydrogens is 298 g/mol. The van der Waals surface area contributed by atoms with E-state index in [9.17, 15) is 14.9 Å². The molecule has 1 aromatic rings. The number of ether oxygens (including phenoxy) is 1. The van der Waals surface area contributed by atoms with E-state index in [-0.39, 0.29) is 12.2 Å². The highest BCUT2D eigenvalue weighted by Crippen LogP contribution is 2.28. The molecule has 7 heteroatoms. The summed E-state index contributed by atoms with van der Waals surface area (Å²) in [6, 6.07) is 4.78. The monoisotopic (exact) mass is 321 g/mol. The third-order valence-electron chi connectivity index (χ3n) is 3.54. The molecule has 2 rings (SSSR count). The second-order valence-electron chi connectivity index (χ2n) is 6.62. The van der Waals surface area contributed by atoms with Gasteiger partial charge >= 0.3 is 6.09 Å². The molecule has 0 aromatic heterocycles. The van der Waals surface area contributed by atoms with Crippen molar-refractivity contribution in [1.82, 2.24) is 5.32 Å². The highest BCUT2D eigenvalue weighted by atomic mass is 16.6. The summed E-state index contributed by atoms with van der Waals surface area (Å²) in [4.78, 5) is 24.6. The largest absolute Gasteiger partial charge is 0.444 e. The standard InChI is InChI=1S/C16H23N3O4/c1-16(2,3)23-15(20)17-11-12-10-13(19(21)22)6-7-14(12)18-8-4-5-9-18/h6-7,10H,4-5,8-9,11H2,1-3H3,(H,17,20). The van der Waals surface area contributed by atoms with E-state index < -0.39 is 16.6 Å². The number of hydrogen-bond acceptors (Lipinski definition) is 5. The van der Waals surface area contributed by atoms with Crippen molar-refractivity contribution >= 4 is 17.5 Å². The van der Waals surface area contributed by atoms with Gasteiger partial charge in [-0.1, -0.05) is 0 Å². The Morgan fingerprint density at radius 2 is 2.00 bits per heavy atom. The highest BCUT2D eigenvalue weighted by Gasteiger charge is 2.20. The van der Waals surface area contributed by atoms with Crippen LogP contribution in [0.5, 0.6) is 0 Å². The zero-order chi connectivity index (χ0) is 17.0. The quantitative estimate of drug-likeness (QED) is 0.680. The molecule has 1 heterocycles. The molecule has 1 N–H and O–H groups in total. The van der Waals surface area contributed by atoms with Gasteiger partial charge in [-0.15, -0.1) is 0 Å². The normalized spacial score (nSPS) is 14.7. The first-order chi connectivity index (χ1) is 10.8. The van der Waals surface area contributed by atoms with E-state index in [0.29, 0.717) is 0 Å². The maximum Gasteiger partial charge on any atom is 0.407 e. The summed E-state index contributed by atoms with van der Waals surface area (Å²) in [7, 11) is 0. The first-order valence-electron chi connectivity index (χ1n) is 7.75. The van der Waals surface area contributed by atoms with Gasteiger partial charge in [-0.2, -0.15) is 0 Å². The van der Waals surface area contributed by atoms with E-state index in [0.717, 1.165) is 37.2 Å². The Balaban J connectivity index is 2.15. The van der Waals surface area contributed by atoms with Gasteiger partial charge in [-0.25, -0.2) is 4.79 Å². The Bertz CT molecular complexity index is 589. The molecule has 7 nitrogen and oxygen atoms in total. The molecule has 1 fully saturated rings. The highest BCUT2D eigenvalue weighted by molar-refractivity contribution is 5.68. The van der Waals surface area contributed by atoms with Crippen molar-refractivity contribution in [1.29, 1.82) is 0 Å². The number of nitro benzene ring substituents is 1. The van der Waals surface area contributed by atoms with Crippen LogP contribution in [0.15, 0.2) is 18.2 Å². The minimum absolute atomic E-state index is 0.0222. The molecule has 0 radical (unpaired) electrons. The van der Waals surface area contributed by atoms with E-state index in [1.54, 1.807) is 26.8 Å². The minimum Gasteiger partial charge on any atom is -0.444 e. The summed E-state index contributed by atoms with van der Waals surface area (Å²) in [5.74, 6) is 0. The summed E-state index contributed by atoms with van der Waals surface area (Å²) in [5, 5.41) is 13.7. The van der Waals surface area contributed by atoms with Crippen LogP contribution in [0.2, 0.25) is 0 Å². The molecule has 1 aromatic carbocycles. The number of nitrogens with zero attached hydrogens (tertiary/aromatic N) is 2. The number of nitrogens with one attached hydrogen (secondary N) is 1.